The number of rotatable bonds is 4. The highest BCUT2D eigenvalue weighted by molar-refractivity contribution is 5.88. The van der Waals surface area contributed by atoms with Gasteiger partial charge in [0.15, 0.2) is 23.1 Å². The molecule has 4 heterocycles. The molecule has 2 atom stereocenters. The molecule has 3 aromatic rings. The Labute approximate surface area is 188 Å². The van der Waals surface area contributed by atoms with Gasteiger partial charge in [-0.05, 0) is 31.7 Å². The first-order valence-electron chi connectivity index (χ1n) is 11.0. The molecule has 0 radical (unpaired) electrons. The normalized spacial score (nSPS) is 21.2. The van der Waals surface area contributed by atoms with E-state index in [2.05, 4.69) is 35.8 Å². The molecule has 33 heavy (non-hydrogen) atoms. The minimum atomic E-state index is -0.591. The molecule has 10 nitrogen and oxygen atoms in total. The van der Waals surface area contributed by atoms with Gasteiger partial charge in [-0.2, -0.15) is 5.10 Å². The van der Waals surface area contributed by atoms with E-state index in [-0.39, 0.29) is 29.8 Å². The molecule has 0 spiro atoms. The summed E-state index contributed by atoms with van der Waals surface area (Å²) in [6.45, 7) is 2.26. The predicted molar refractivity (Wildman–Crippen MR) is 115 cm³/mol. The summed E-state index contributed by atoms with van der Waals surface area (Å²) in [7, 11) is 0. The molecule has 12 heteroatoms. The van der Waals surface area contributed by atoms with Crippen molar-refractivity contribution in [2.75, 3.05) is 31.6 Å². The second-order valence-electron chi connectivity index (χ2n) is 8.27. The fourth-order valence-electron chi connectivity index (χ4n) is 4.31. The van der Waals surface area contributed by atoms with Crippen molar-refractivity contribution in [3.63, 3.8) is 0 Å². The van der Waals surface area contributed by atoms with Crippen molar-refractivity contribution >= 4 is 22.9 Å². The van der Waals surface area contributed by atoms with Gasteiger partial charge in [0.1, 0.15) is 11.5 Å². The average Bonchev–Trinajstić information content (AvgIpc) is 3.24. The van der Waals surface area contributed by atoms with Gasteiger partial charge in [0.25, 0.3) is 0 Å². The number of halogens is 2. The van der Waals surface area contributed by atoms with Gasteiger partial charge in [-0.25, -0.2) is 28.5 Å². The van der Waals surface area contributed by atoms with Crippen LogP contribution in [0.25, 0.3) is 22.6 Å². The maximum absolute atomic E-state index is 14.5. The SMILES string of the molecule is O=C(N[C@@H]1CCC[C@H](Nc2nc(-c3[nH]nc4ncc(F)cc34)ncc2F)C1)N1CCOCC1. The Morgan fingerprint density at radius 2 is 1.97 bits per heavy atom. The molecule has 174 valence electrons. The number of anilines is 1. The molecule has 1 aliphatic heterocycles. The zero-order valence-corrected chi connectivity index (χ0v) is 17.9. The number of aromatic nitrogens is 5. The highest BCUT2D eigenvalue weighted by atomic mass is 19.1. The molecule has 0 bridgehead atoms. The fourth-order valence-corrected chi connectivity index (χ4v) is 4.31. The number of hydrogen-bond acceptors (Lipinski definition) is 7. The Kier molecular flexibility index (Phi) is 5.99. The lowest BCUT2D eigenvalue weighted by Gasteiger charge is -2.33. The first kappa shape index (κ1) is 21.4. The molecule has 0 aromatic carbocycles. The summed E-state index contributed by atoms with van der Waals surface area (Å²) in [6.07, 6.45) is 5.38. The molecule has 1 aliphatic carbocycles. The quantitative estimate of drug-likeness (QED) is 0.549. The summed E-state index contributed by atoms with van der Waals surface area (Å²) in [6, 6.07) is 1.11. The second kappa shape index (κ2) is 9.22. The highest BCUT2D eigenvalue weighted by Crippen LogP contribution is 2.27. The summed E-state index contributed by atoms with van der Waals surface area (Å²) in [4.78, 5) is 26.5. The Bertz CT molecular complexity index is 1150. The van der Waals surface area contributed by atoms with Gasteiger partial charge in [-0.15, -0.1) is 0 Å². The van der Waals surface area contributed by atoms with Crippen LogP contribution in [-0.2, 0) is 4.74 Å². The third-order valence-corrected chi connectivity index (χ3v) is 5.98. The third kappa shape index (κ3) is 4.70. The number of carbonyl (C=O) groups excluding carboxylic acids is 1. The van der Waals surface area contributed by atoms with E-state index in [0.717, 1.165) is 31.7 Å². The molecule has 3 N–H and O–H groups in total. The van der Waals surface area contributed by atoms with Crippen molar-refractivity contribution in [3.05, 3.63) is 30.1 Å². The van der Waals surface area contributed by atoms with E-state index < -0.39 is 11.6 Å². The van der Waals surface area contributed by atoms with Gasteiger partial charge >= 0.3 is 6.03 Å². The average molecular weight is 458 g/mol. The summed E-state index contributed by atoms with van der Waals surface area (Å²) >= 11 is 0. The fraction of sp³-hybridized carbons (Fsp3) is 0.476. The zero-order valence-electron chi connectivity index (χ0n) is 17.9. The van der Waals surface area contributed by atoms with E-state index in [0.29, 0.717) is 49.5 Å². The van der Waals surface area contributed by atoms with Gasteiger partial charge in [0.05, 0.1) is 31.0 Å². The van der Waals surface area contributed by atoms with Gasteiger partial charge in [0, 0.05) is 25.2 Å². The van der Waals surface area contributed by atoms with Gasteiger partial charge in [0.2, 0.25) is 0 Å². The summed E-state index contributed by atoms with van der Waals surface area (Å²) in [5, 5.41) is 13.4. The molecular weight excluding hydrogens is 434 g/mol. The number of pyridine rings is 1. The van der Waals surface area contributed by atoms with Crippen LogP contribution >= 0.6 is 0 Å². The van der Waals surface area contributed by atoms with E-state index in [1.165, 1.54) is 6.07 Å². The largest absolute Gasteiger partial charge is 0.378 e. The molecule has 1 saturated carbocycles. The number of aromatic amines is 1. The van der Waals surface area contributed by atoms with Crippen molar-refractivity contribution in [1.29, 1.82) is 0 Å². The van der Waals surface area contributed by atoms with Gasteiger partial charge < -0.3 is 20.3 Å². The molecule has 2 fully saturated rings. The molecule has 5 rings (SSSR count). The monoisotopic (exact) mass is 458 g/mol. The van der Waals surface area contributed by atoms with Gasteiger partial charge in [-0.3, -0.25) is 5.10 Å². The van der Waals surface area contributed by atoms with Crippen LogP contribution in [0.3, 0.4) is 0 Å². The lowest BCUT2D eigenvalue weighted by atomic mass is 9.91. The minimum absolute atomic E-state index is 0.0124. The lowest BCUT2D eigenvalue weighted by molar-refractivity contribution is 0.0521. The van der Waals surface area contributed by atoms with Crippen LogP contribution in [0, 0.1) is 11.6 Å². The molecular formula is C21H24F2N8O2. The number of hydrogen-bond donors (Lipinski definition) is 3. The molecule has 0 unspecified atom stereocenters. The Morgan fingerprint density at radius 1 is 1.15 bits per heavy atom. The topological polar surface area (TPSA) is 121 Å². The number of amides is 2. The lowest BCUT2D eigenvalue weighted by Crippen LogP contribution is -2.51. The smallest absolute Gasteiger partial charge is 0.317 e. The number of H-pyrrole nitrogens is 1. The van der Waals surface area contributed by atoms with Crippen molar-refractivity contribution in [2.24, 2.45) is 0 Å². The third-order valence-electron chi connectivity index (χ3n) is 5.98. The number of urea groups is 1. The van der Waals surface area contributed by atoms with E-state index in [9.17, 15) is 13.6 Å². The minimum Gasteiger partial charge on any atom is -0.378 e. The van der Waals surface area contributed by atoms with Crippen LogP contribution in [0.2, 0.25) is 0 Å². The molecule has 3 aromatic heterocycles. The maximum atomic E-state index is 14.5. The van der Waals surface area contributed by atoms with E-state index in [1.54, 1.807) is 4.90 Å². The number of fused-ring (bicyclic) bond motifs is 1. The highest BCUT2D eigenvalue weighted by Gasteiger charge is 2.27. The Balaban J connectivity index is 1.28. The van der Waals surface area contributed by atoms with Crippen LogP contribution in [0.4, 0.5) is 19.4 Å². The summed E-state index contributed by atoms with van der Waals surface area (Å²) in [5.74, 6) is -0.872. The van der Waals surface area contributed by atoms with Crippen molar-refractivity contribution < 1.29 is 18.3 Å². The van der Waals surface area contributed by atoms with Crippen LogP contribution in [0.15, 0.2) is 18.5 Å². The van der Waals surface area contributed by atoms with Crippen LogP contribution < -0.4 is 10.6 Å². The number of morpholine rings is 1. The first-order chi connectivity index (χ1) is 16.1. The Morgan fingerprint density at radius 3 is 2.82 bits per heavy atom. The van der Waals surface area contributed by atoms with Crippen LogP contribution in [-0.4, -0.2) is 74.5 Å². The standard InChI is InChI=1S/C21H24F2N8O2/c22-12-8-15-17(29-30-18(15)24-10-12)20-25-11-16(23)19(28-20)26-13-2-1-3-14(9-13)27-21(32)31-4-6-33-7-5-31/h8,10-11,13-14H,1-7,9H2,(H,27,32)(H,24,29,30)(H,25,26,28)/t13-,14+/m0/s1. The molecule has 2 amide bonds. The summed E-state index contributed by atoms with van der Waals surface area (Å²) in [5.41, 5.74) is 0.680. The zero-order chi connectivity index (χ0) is 22.8. The predicted octanol–water partition coefficient (Wildman–Crippen LogP) is 2.46. The number of nitrogens with zero attached hydrogens (tertiary/aromatic N) is 5. The van der Waals surface area contributed by atoms with E-state index in [4.69, 9.17) is 4.74 Å². The number of ether oxygens (including phenoxy) is 1. The first-order valence-corrected chi connectivity index (χ1v) is 11.0. The van der Waals surface area contributed by atoms with Crippen LogP contribution in [0.5, 0.6) is 0 Å². The maximum Gasteiger partial charge on any atom is 0.317 e. The molecule has 1 saturated heterocycles. The van der Waals surface area contributed by atoms with Gasteiger partial charge in [-0.1, -0.05) is 0 Å². The summed E-state index contributed by atoms with van der Waals surface area (Å²) < 4.78 is 33.5. The molecule has 2 aliphatic rings. The van der Waals surface area contributed by atoms with Crippen molar-refractivity contribution in [1.82, 2.24) is 35.4 Å². The van der Waals surface area contributed by atoms with Crippen molar-refractivity contribution in [3.8, 4) is 11.5 Å². The van der Waals surface area contributed by atoms with E-state index in [1.807, 2.05) is 0 Å². The number of carbonyl (C=O) groups is 1. The van der Waals surface area contributed by atoms with Crippen molar-refractivity contribution in [2.45, 2.75) is 37.8 Å². The van der Waals surface area contributed by atoms with E-state index >= 15 is 0 Å². The Hall–Kier alpha value is -3.41. The second-order valence-corrected chi connectivity index (χ2v) is 8.27. The van der Waals surface area contributed by atoms with Crippen LogP contribution in [0.1, 0.15) is 25.7 Å². The number of nitrogens with one attached hydrogen (secondary N) is 3.